The second kappa shape index (κ2) is 10.9. The van der Waals surface area contributed by atoms with Crippen molar-refractivity contribution in [1.29, 1.82) is 0 Å². The predicted molar refractivity (Wildman–Crippen MR) is 109 cm³/mol. The first kappa shape index (κ1) is 21.2. The summed E-state index contributed by atoms with van der Waals surface area (Å²) in [6.45, 7) is 10.2. The molecule has 0 spiro atoms. The molecule has 7 heteroatoms. The molecular weight excluding hydrogens is 417 g/mol. The van der Waals surface area contributed by atoms with Crippen LogP contribution in [0.15, 0.2) is 9.52 Å². The van der Waals surface area contributed by atoms with Gasteiger partial charge in [-0.05, 0) is 25.8 Å². The van der Waals surface area contributed by atoms with Crippen molar-refractivity contribution in [3.63, 3.8) is 0 Å². The molecule has 0 unspecified atom stereocenters. The minimum absolute atomic E-state index is 0. The zero-order valence-electron chi connectivity index (χ0n) is 15.4. The molecule has 1 fully saturated rings. The Kier molecular flexibility index (Phi) is 9.65. The van der Waals surface area contributed by atoms with E-state index in [1.165, 1.54) is 18.4 Å². The smallest absolute Gasteiger partial charge is 0.191 e. The van der Waals surface area contributed by atoms with Gasteiger partial charge < -0.3 is 15.2 Å². The van der Waals surface area contributed by atoms with Crippen LogP contribution in [-0.4, -0.2) is 48.7 Å². The molecule has 2 rings (SSSR count). The van der Waals surface area contributed by atoms with Crippen molar-refractivity contribution >= 4 is 29.9 Å². The average Bonchev–Trinajstić information content (AvgIpc) is 3.34. The Morgan fingerprint density at radius 1 is 1.25 bits per heavy atom. The number of hydrogen-bond donors (Lipinski definition) is 2. The summed E-state index contributed by atoms with van der Waals surface area (Å²) in [5.74, 6) is 1.80. The molecule has 1 aromatic heterocycles. The fourth-order valence-corrected chi connectivity index (χ4v) is 2.89. The molecule has 1 saturated carbocycles. The Morgan fingerprint density at radius 2 is 2.00 bits per heavy atom. The number of nitrogens with one attached hydrogen (secondary N) is 2. The Labute approximate surface area is 162 Å². The fraction of sp³-hybridized carbons (Fsp3) is 0.765. The quantitative estimate of drug-likeness (QED) is 0.345. The van der Waals surface area contributed by atoms with Crippen LogP contribution in [0.2, 0.25) is 0 Å². The SMILES string of the molecule is CCc1noc(CC)c1CNC(=NC)NCCN(CC)C1CC1.I. The maximum Gasteiger partial charge on any atom is 0.191 e. The summed E-state index contributed by atoms with van der Waals surface area (Å²) in [4.78, 5) is 6.84. The molecule has 24 heavy (non-hydrogen) atoms. The highest BCUT2D eigenvalue weighted by atomic mass is 127. The van der Waals surface area contributed by atoms with Crippen LogP contribution < -0.4 is 10.6 Å². The molecule has 0 atom stereocenters. The third kappa shape index (κ3) is 5.91. The molecule has 2 N–H and O–H groups in total. The van der Waals surface area contributed by atoms with Crippen LogP contribution in [0.25, 0.3) is 0 Å². The van der Waals surface area contributed by atoms with E-state index in [4.69, 9.17) is 4.52 Å². The van der Waals surface area contributed by atoms with Crippen molar-refractivity contribution in [2.45, 2.75) is 59.0 Å². The van der Waals surface area contributed by atoms with Crippen molar-refractivity contribution < 1.29 is 4.52 Å². The van der Waals surface area contributed by atoms with Gasteiger partial charge >= 0.3 is 0 Å². The summed E-state index contributed by atoms with van der Waals surface area (Å²) >= 11 is 0. The maximum atomic E-state index is 5.41. The number of hydrogen-bond acceptors (Lipinski definition) is 4. The molecular formula is C17H32IN5O. The highest BCUT2D eigenvalue weighted by Gasteiger charge is 2.27. The van der Waals surface area contributed by atoms with E-state index in [0.29, 0.717) is 6.54 Å². The molecule has 1 heterocycles. The van der Waals surface area contributed by atoms with Crippen LogP contribution >= 0.6 is 24.0 Å². The van der Waals surface area contributed by atoms with E-state index in [9.17, 15) is 0 Å². The molecule has 0 aromatic carbocycles. The minimum atomic E-state index is 0. The Bertz CT molecular complexity index is 492. The van der Waals surface area contributed by atoms with E-state index in [1.54, 1.807) is 0 Å². The summed E-state index contributed by atoms with van der Waals surface area (Å²) in [6, 6.07) is 0.813. The number of guanidine groups is 1. The van der Waals surface area contributed by atoms with E-state index in [1.807, 2.05) is 7.05 Å². The lowest BCUT2D eigenvalue weighted by Gasteiger charge is -2.20. The molecule has 6 nitrogen and oxygen atoms in total. The van der Waals surface area contributed by atoms with Gasteiger partial charge in [-0.15, -0.1) is 24.0 Å². The van der Waals surface area contributed by atoms with E-state index in [0.717, 1.165) is 55.9 Å². The lowest BCUT2D eigenvalue weighted by atomic mass is 10.1. The number of aromatic nitrogens is 1. The highest BCUT2D eigenvalue weighted by Crippen LogP contribution is 2.25. The maximum absolute atomic E-state index is 5.41. The van der Waals surface area contributed by atoms with E-state index in [-0.39, 0.29) is 24.0 Å². The zero-order valence-corrected chi connectivity index (χ0v) is 17.7. The average molecular weight is 449 g/mol. The first-order valence-electron chi connectivity index (χ1n) is 8.88. The van der Waals surface area contributed by atoms with Crippen molar-refractivity contribution in [1.82, 2.24) is 20.7 Å². The second-order valence-corrected chi connectivity index (χ2v) is 5.95. The van der Waals surface area contributed by atoms with Crippen LogP contribution in [-0.2, 0) is 19.4 Å². The molecule has 0 amide bonds. The molecule has 0 aliphatic heterocycles. The summed E-state index contributed by atoms with van der Waals surface area (Å²) in [6.07, 6.45) is 4.46. The van der Waals surface area contributed by atoms with Crippen LogP contribution in [0.3, 0.4) is 0 Å². The highest BCUT2D eigenvalue weighted by molar-refractivity contribution is 14.0. The predicted octanol–water partition coefficient (Wildman–Crippen LogP) is 2.57. The Hall–Kier alpha value is -0.830. The van der Waals surface area contributed by atoms with E-state index < -0.39 is 0 Å². The molecule has 1 aliphatic carbocycles. The number of halogens is 1. The van der Waals surface area contributed by atoms with Crippen molar-refractivity contribution in [2.24, 2.45) is 4.99 Å². The largest absolute Gasteiger partial charge is 0.361 e. The van der Waals surface area contributed by atoms with Gasteiger partial charge in [-0.1, -0.05) is 25.9 Å². The first-order valence-corrected chi connectivity index (χ1v) is 8.88. The third-order valence-electron chi connectivity index (χ3n) is 4.42. The third-order valence-corrected chi connectivity index (χ3v) is 4.42. The number of aliphatic imine (C=N–C) groups is 1. The molecule has 1 aliphatic rings. The molecule has 138 valence electrons. The molecule has 0 saturated heterocycles. The van der Waals surface area contributed by atoms with E-state index in [2.05, 4.69) is 46.5 Å². The zero-order chi connectivity index (χ0) is 16.7. The Balaban J connectivity index is 0.00000288. The van der Waals surface area contributed by atoms with Crippen molar-refractivity contribution in [2.75, 3.05) is 26.7 Å². The topological polar surface area (TPSA) is 65.7 Å². The second-order valence-electron chi connectivity index (χ2n) is 5.95. The fourth-order valence-electron chi connectivity index (χ4n) is 2.89. The summed E-state index contributed by atoms with van der Waals surface area (Å²) in [7, 11) is 1.81. The van der Waals surface area contributed by atoms with Gasteiger partial charge in [0.2, 0.25) is 0 Å². The van der Waals surface area contributed by atoms with Gasteiger partial charge in [-0.2, -0.15) is 0 Å². The number of likely N-dealkylation sites (N-methyl/N-ethyl adjacent to an activating group) is 1. The number of rotatable bonds is 9. The molecule has 1 aromatic rings. The van der Waals surface area contributed by atoms with Gasteiger partial charge in [-0.25, -0.2) is 0 Å². The van der Waals surface area contributed by atoms with Crippen LogP contribution in [0.4, 0.5) is 0 Å². The standard InChI is InChI=1S/C17H31N5O.HI/c1-5-15-14(16(6-2)23-21-15)12-20-17(18-4)19-10-11-22(7-3)13-8-9-13;/h13H,5-12H2,1-4H3,(H2,18,19,20);1H. The first-order chi connectivity index (χ1) is 11.2. The lowest BCUT2D eigenvalue weighted by Crippen LogP contribution is -2.41. The van der Waals surface area contributed by atoms with Gasteiger partial charge in [-0.3, -0.25) is 9.89 Å². The number of aryl methyl sites for hydroxylation is 2. The molecule has 0 bridgehead atoms. The summed E-state index contributed by atoms with van der Waals surface area (Å²) in [5.41, 5.74) is 2.21. The van der Waals surface area contributed by atoms with Gasteiger partial charge in [0.1, 0.15) is 5.76 Å². The Morgan fingerprint density at radius 3 is 2.54 bits per heavy atom. The van der Waals surface area contributed by atoms with Crippen molar-refractivity contribution in [3.05, 3.63) is 17.0 Å². The summed E-state index contributed by atoms with van der Waals surface area (Å²) in [5, 5.41) is 10.9. The van der Waals surface area contributed by atoms with Gasteiger partial charge in [0.15, 0.2) is 5.96 Å². The monoisotopic (exact) mass is 449 g/mol. The van der Waals surface area contributed by atoms with Crippen molar-refractivity contribution in [3.8, 4) is 0 Å². The van der Waals surface area contributed by atoms with Gasteiger partial charge in [0.05, 0.1) is 5.69 Å². The van der Waals surface area contributed by atoms with Crippen LogP contribution in [0.1, 0.15) is 50.6 Å². The van der Waals surface area contributed by atoms with E-state index >= 15 is 0 Å². The van der Waals surface area contributed by atoms with Crippen LogP contribution in [0, 0.1) is 0 Å². The van der Waals surface area contributed by atoms with Gasteiger partial charge in [0.25, 0.3) is 0 Å². The number of nitrogens with zero attached hydrogens (tertiary/aromatic N) is 3. The molecule has 0 radical (unpaired) electrons. The normalized spacial score (nSPS) is 14.6. The lowest BCUT2D eigenvalue weighted by molar-refractivity contribution is 0.282. The van der Waals surface area contributed by atoms with Gasteiger partial charge in [0, 0.05) is 44.7 Å². The minimum Gasteiger partial charge on any atom is -0.361 e. The van der Waals surface area contributed by atoms with Crippen LogP contribution in [0.5, 0.6) is 0 Å². The summed E-state index contributed by atoms with van der Waals surface area (Å²) < 4.78 is 5.41.